The van der Waals surface area contributed by atoms with Gasteiger partial charge < -0.3 is 9.64 Å². The minimum atomic E-state index is -0.525. The van der Waals surface area contributed by atoms with Crippen LogP contribution >= 0.6 is 0 Å². The van der Waals surface area contributed by atoms with Crippen molar-refractivity contribution in [3.63, 3.8) is 0 Å². The Morgan fingerprint density at radius 2 is 1.94 bits per heavy atom. The molecule has 0 saturated heterocycles. The molecule has 18 heavy (non-hydrogen) atoms. The van der Waals surface area contributed by atoms with Gasteiger partial charge in [-0.15, -0.1) is 0 Å². The average molecular weight is 246 g/mol. The molecule has 1 aromatic carbocycles. The van der Waals surface area contributed by atoms with E-state index in [1.165, 1.54) is 0 Å². The highest BCUT2D eigenvalue weighted by atomic mass is 16.5. The van der Waals surface area contributed by atoms with Crippen LogP contribution in [0.4, 0.5) is 5.69 Å². The van der Waals surface area contributed by atoms with Gasteiger partial charge in [-0.2, -0.15) is 5.26 Å². The number of nitriles is 1. The van der Waals surface area contributed by atoms with E-state index in [2.05, 4.69) is 26.0 Å². The summed E-state index contributed by atoms with van der Waals surface area (Å²) in [6, 6.07) is 8.37. The zero-order valence-electron chi connectivity index (χ0n) is 12.1. The first-order valence-electron chi connectivity index (χ1n) is 6.16. The van der Waals surface area contributed by atoms with E-state index in [9.17, 15) is 5.26 Å². The third-order valence-corrected chi connectivity index (χ3v) is 3.33. The summed E-state index contributed by atoms with van der Waals surface area (Å²) in [5, 5.41) is 9.19. The van der Waals surface area contributed by atoms with E-state index in [4.69, 9.17) is 4.74 Å². The molecule has 0 radical (unpaired) electrons. The molecule has 1 rings (SSSR count). The van der Waals surface area contributed by atoms with Crippen molar-refractivity contribution in [2.24, 2.45) is 0 Å². The van der Waals surface area contributed by atoms with Crippen molar-refractivity contribution >= 4 is 5.69 Å². The molecule has 0 fully saturated rings. The van der Waals surface area contributed by atoms with E-state index in [1.54, 1.807) is 7.11 Å². The fraction of sp³-hybridized carbons (Fsp3) is 0.533. The van der Waals surface area contributed by atoms with Gasteiger partial charge in [-0.25, -0.2) is 0 Å². The highest BCUT2D eigenvalue weighted by molar-refractivity contribution is 5.56. The van der Waals surface area contributed by atoms with Gasteiger partial charge in [-0.3, -0.25) is 0 Å². The van der Waals surface area contributed by atoms with E-state index in [1.807, 2.05) is 37.9 Å². The van der Waals surface area contributed by atoms with E-state index < -0.39 is 5.54 Å². The summed E-state index contributed by atoms with van der Waals surface area (Å²) < 4.78 is 5.37. The Bertz CT molecular complexity index is 458. The van der Waals surface area contributed by atoms with Crippen LogP contribution in [0.1, 0.15) is 39.2 Å². The summed E-state index contributed by atoms with van der Waals surface area (Å²) >= 11 is 0. The summed E-state index contributed by atoms with van der Waals surface area (Å²) in [7, 11) is 3.62. The second-order valence-corrected chi connectivity index (χ2v) is 5.31. The normalized spacial score (nSPS) is 11.2. The number of nitrogens with zero attached hydrogens (tertiary/aromatic N) is 2. The van der Waals surface area contributed by atoms with Crippen molar-refractivity contribution in [2.45, 2.75) is 39.2 Å². The number of rotatable bonds is 4. The second-order valence-electron chi connectivity index (χ2n) is 5.31. The van der Waals surface area contributed by atoms with E-state index in [0.29, 0.717) is 5.92 Å². The van der Waals surface area contributed by atoms with Crippen LogP contribution in [0.3, 0.4) is 0 Å². The van der Waals surface area contributed by atoms with Crippen molar-refractivity contribution < 1.29 is 4.74 Å². The molecule has 0 aliphatic rings. The number of methoxy groups -OCH3 is 1. The van der Waals surface area contributed by atoms with Crippen molar-refractivity contribution in [1.29, 1.82) is 5.26 Å². The molecule has 0 aromatic heterocycles. The predicted octanol–water partition coefficient (Wildman–Crippen LogP) is 3.56. The zero-order chi connectivity index (χ0) is 13.9. The van der Waals surface area contributed by atoms with Crippen LogP contribution in [-0.4, -0.2) is 19.7 Å². The highest BCUT2D eigenvalue weighted by Crippen LogP contribution is 2.32. The van der Waals surface area contributed by atoms with Gasteiger partial charge in [0.1, 0.15) is 11.3 Å². The molecule has 0 aliphatic carbocycles. The smallest absolute Gasteiger partial charge is 0.122 e. The summed E-state index contributed by atoms with van der Waals surface area (Å²) in [4.78, 5) is 1.98. The van der Waals surface area contributed by atoms with E-state index in [-0.39, 0.29) is 0 Å². The molecule has 0 saturated carbocycles. The lowest BCUT2D eigenvalue weighted by molar-refractivity contribution is 0.407. The summed E-state index contributed by atoms with van der Waals surface area (Å²) in [5.41, 5.74) is 1.67. The molecule has 98 valence electrons. The molecule has 0 spiro atoms. The molecule has 0 N–H and O–H groups in total. The largest absolute Gasteiger partial charge is 0.496 e. The van der Waals surface area contributed by atoms with Crippen LogP contribution in [0, 0.1) is 11.3 Å². The molecular weight excluding hydrogens is 224 g/mol. The molecular formula is C15H22N2O. The van der Waals surface area contributed by atoms with Crippen molar-refractivity contribution in [3.05, 3.63) is 23.8 Å². The van der Waals surface area contributed by atoms with Crippen LogP contribution < -0.4 is 9.64 Å². The molecule has 0 aliphatic heterocycles. The van der Waals surface area contributed by atoms with Crippen LogP contribution in [0.25, 0.3) is 0 Å². The van der Waals surface area contributed by atoms with E-state index >= 15 is 0 Å². The van der Waals surface area contributed by atoms with Gasteiger partial charge in [0.2, 0.25) is 0 Å². The van der Waals surface area contributed by atoms with Gasteiger partial charge in [0.25, 0.3) is 0 Å². The third-order valence-electron chi connectivity index (χ3n) is 3.33. The fourth-order valence-corrected chi connectivity index (χ4v) is 1.78. The SMILES string of the molecule is COc1ccc(N(C)C(C)(C)C#N)cc1C(C)C. The Labute approximate surface area is 110 Å². The summed E-state index contributed by atoms with van der Waals surface area (Å²) in [6.07, 6.45) is 0. The Kier molecular flexibility index (Phi) is 4.24. The minimum Gasteiger partial charge on any atom is -0.496 e. The Hall–Kier alpha value is -1.69. The van der Waals surface area contributed by atoms with Gasteiger partial charge in [0.05, 0.1) is 13.2 Å². The van der Waals surface area contributed by atoms with Gasteiger partial charge in [0.15, 0.2) is 0 Å². The molecule has 0 heterocycles. The van der Waals surface area contributed by atoms with Crippen molar-refractivity contribution in [1.82, 2.24) is 0 Å². The number of hydrogen-bond acceptors (Lipinski definition) is 3. The van der Waals surface area contributed by atoms with Gasteiger partial charge in [0, 0.05) is 12.7 Å². The lowest BCUT2D eigenvalue weighted by Gasteiger charge is -2.32. The highest BCUT2D eigenvalue weighted by Gasteiger charge is 2.24. The molecule has 1 aromatic rings. The Morgan fingerprint density at radius 1 is 1.33 bits per heavy atom. The molecule has 0 amide bonds. The van der Waals surface area contributed by atoms with Crippen molar-refractivity contribution in [3.8, 4) is 11.8 Å². The molecule has 0 unspecified atom stereocenters. The van der Waals surface area contributed by atoms with Crippen LogP contribution in [0.15, 0.2) is 18.2 Å². The van der Waals surface area contributed by atoms with E-state index in [0.717, 1.165) is 17.0 Å². The fourth-order valence-electron chi connectivity index (χ4n) is 1.78. The minimum absolute atomic E-state index is 0.387. The number of benzene rings is 1. The first kappa shape index (κ1) is 14.4. The molecule has 3 heteroatoms. The lowest BCUT2D eigenvalue weighted by Crippen LogP contribution is -2.39. The topological polar surface area (TPSA) is 36.3 Å². The predicted molar refractivity (Wildman–Crippen MR) is 75.2 cm³/mol. The lowest BCUT2D eigenvalue weighted by atomic mass is 9.99. The van der Waals surface area contributed by atoms with Gasteiger partial charge in [-0.05, 0) is 43.5 Å². The molecule has 0 atom stereocenters. The number of ether oxygens (including phenoxy) is 1. The zero-order valence-corrected chi connectivity index (χ0v) is 12.1. The maximum atomic E-state index is 9.19. The summed E-state index contributed by atoms with van der Waals surface area (Å²) in [5.74, 6) is 1.29. The van der Waals surface area contributed by atoms with Gasteiger partial charge in [-0.1, -0.05) is 13.8 Å². The van der Waals surface area contributed by atoms with Crippen molar-refractivity contribution in [2.75, 3.05) is 19.1 Å². The molecule has 0 bridgehead atoms. The second kappa shape index (κ2) is 5.30. The number of anilines is 1. The maximum absolute atomic E-state index is 9.19. The first-order chi connectivity index (χ1) is 8.33. The maximum Gasteiger partial charge on any atom is 0.122 e. The third kappa shape index (κ3) is 2.76. The first-order valence-corrected chi connectivity index (χ1v) is 6.16. The monoisotopic (exact) mass is 246 g/mol. The van der Waals surface area contributed by atoms with Crippen LogP contribution in [-0.2, 0) is 0 Å². The Morgan fingerprint density at radius 3 is 2.39 bits per heavy atom. The summed E-state index contributed by atoms with van der Waals surface area (Å²) in [6.45, 7) is 8.09. The quantitative estimate of drug-likeness (QED) is 0.815. The van der Waals surface area contributed by atoms with Gasteiger partial charge >= 0.3 is 0 Å². The Balaban J connectivity index is 3.21. The van der Waals surface area contributed by atoms with Crippen LogP contribution in [0.2, 0.25) is 0 Å². The molecule has 3 nitrogen and oxygen atoms in total. The van der Waals surface area contributed by atoms with Crippen LogP contribution in [0.5, 0.6) is 5.75 Å². The number of hydrogen-bond donors (Lipinski definition) is 0. The average Bonchev–Trinajstić information content (AvgIpc) is 2.36. The standard InChI is InChI=1S/C15H22N2O/c1-11(2)13-9-12(7-8-14(13)18-6)17(5)15(3,4)10-16/h7-9,11H,1-6H3.